The Morgan fingerprint density at radius 3 is 2.31 bits per heavy atom. The molecule has 1 aliphatic heterocycles. The minimum Gasteiger partial charge on any atom is -0.465 e. The van der Waals surface area contributed by atoms with Crippen LogP contribution in [0.25, 0.3) is 0 Å². The largest absolute Gasteiger partial charge is 0.465 e. The molecule has 2 rings (SSSR count). The number of carbonyl (C=O) groups excluding carboxylic acids is 1. The van der Waals surface area contributed by atoms with Gasteiger partial charge in [0, 0.05) is 29.6 Å². The van der Waals surface area contributed by atoms with Gasteiger partial charge in [0.25, 0.3) is 0 Å². The molecule has 2 amide bonds. The standard InChI is InChI=1S/C19H27ClN2O4/c1-12(13(2)21-17(24)25)16(23)22-10-9-19(26,18(3,4)11-22)14-5-7-15(20)8-6-14/h5-8,12-13,21,26H,9-11H2,1-4H3,(H,24,25)/t12-,13?,19?/m0/s1. The molecule has 0 aliphatic carbocycles. The maximum Gasteiger partial charge on any atom is 0.404 e. The molecule has 0 spiro atoms. The van der Waals surface area contributed by atoms with Crippen molar-refractivity contribution in [1.82, 2.24) is 10.2 Å². The summed E-state index contributed by atoms with van der Waals surface area (Å²) in [5.74, 6) is -0.596. The molecule has 26 heavy (non-hydrogen) atoms. The van der Waals surface area contributed by atoms with Gasteiger partial charge in [-0.2, -0.15) is 0 Å². The second-order valence-corrected chi connectivity index (χ2v) is 8.22. The molecule has 1 aromatic carbocycles. The fraction of sp³-hybridized carbons (Fsp3) is 0.579. The summed E-state index contributed by atoms with van der Waals surface area (Å²) in [5, 5.41) is 23.1. The van der Waals surface area contributed by atoms with Gasteiger partial charge in [-0.3, -0.25) is 4.79 Å². The SMILES string of the molecule is CC(NC(=O)O)[C@H](C)C(=O)N1CCC(O)(c2ccc(Cl)cc2)C(C)(C)C1. The second-order valence-electron chi connectivity index (χ2n) is 7.79. The first-order valence-corrected chi connectivity index (χ1v) is 9.12. The van der Waals surface area contributed by atoms with Crippen molar-refractivity contribution in [2.45, 2.75) is 45.8 Å². The van der Waals surface area contributed by atoms with E-state index >= 15 is 0 Å². The minimum absolute atomic E-state index is 0.113. The summed E-state index contributed by atoms with van der Waals surface area (Å²) in [6.45, 7) is 8.06. The highest BCUT2D eigenvalue weighted by Gasteiger charge is 2.50. The number of halogens is 1. The fourth-order valence-corrected chi connectivity index (χ4v) is 3.72. The van der Waals surface area contributed by atoms with Crippen LogP contribution in [0.5, 0.6) is 0 Å². The van der Waals surface area contributed by atoms with Crippen LogP contribution >= 0.6 is 11.6 Å². The summed E-state index contributed by atoms with van der Waals surface area (Å²) < 4.78 is 0. The van der Waals surface area contributed by atoms with Gasteiger partial charge >= 0.3 is 6.09 Å². The molecule has 3 N–H and O–H groups in total. The Bertz CT molecular complexity index is 677. The van der Waals surface area contributed by atoms with Crippen molar-refractivity contribution < 1.29 is 19.8 Å². The van der Waals surface area contributed by atoms with E-state index in [4.69, 9.17) is 16.7 Å². The second kappa shape index (κ2) is 7.45. The number of nitrogens with one attached hydrogen (secondary N) is 1. The van der Waals surface area contributed by atoms with Crippen LogP contribution in [-0.4, -0.2) is 46.2 Å². The summed E-state index contributed by atoms with van der Waals surface area (Å²) >= 11 is 5.95. The molecule has 1 aliphatic rings. The summed E-state index contributed by atoms with van der Waals surface area (Å²) in [6.07, 6.45) is -0.742. The third kappa shape index (κ3) is 3.96. The number of hydrogen-bond donors (Lipinski definition) is 3. The van der Waals surface area contributed by atoms with Crippen molar-refractivity contribution in [2.75, 3.05) is 13.1 Å². The number of amides is 2. The van der Waals surface area contributed by atoms with Crippen molar-refractivity contribution in [3.05, 3.63) is 34.9 Å². The third-order valence-corrected chi connectivity index (χ3v) is 5.83. The average Bonchev–Trinajstić information content (AvgIpc) is 2.55. The zero-order valence-corrected chi connectivity index (χ0v) is 16.4. The Labute approximate surface area is 159 Å². The van der Waals surface area contributed by atoms with E-state index in [1.54, 1.807) is 30.9 Å². The van der Waals surface area contributed by atoms with E-state index in [-0.39, 0.29) is 5.91 Å². The van der Waals surface area contributed by atoms with Crippen LogP contribution in [0.15, 0.2) is 24.3 Å². The number of likely N-dealkylation sites (tertiary alicyclic amines) is 1. The van der Waals surface area contributed by atoms with Gasteiger partial charge < -0.3 is 20.4 Å². The van der Waals surface area contributed by atoms with E-state index in [9.17, 15) is 14.7 Å². The molecular formula is C19H27ClN2O4. The molecule has 0 bridgehead atoms. The van der Waals surface area contributed by atoms with Crippen molar-refractivity contribution in [3.8, 4) is 0 Å². The molecule has 6 nitrogen and oxygen atoms in total. The maximum atomic E-state index is 12.8. The molecule has 0 saturated carbocycles. The van der Waals surface area contributed by atoms with E-state index in [0.717, 1.165) is 5.56 Å². The quantitative estimate of drug-likeness (QED) is 0.746. The van der Waals surface area contributed by atoms with Crippen LogP contribution in [0.2, 0.25) is 5.02 Å². The third-order valence-electron chi connectivity index (χ3n) is 5.57. The zero-order valence-electron chi connectivity index (χ0n) is 15.6. The number of benzene rings is 1. The Kier molecular flexibility index (Phi) is 5.88. The first-order chi connectivity index (χ1) is 12.0. The number of rotatable bonds is 4. The summed E-state index contributed by atoms with van der Waals surface area (Å²) in [4.78, 5) is 25.3. The predicted octanol–water partition coefficient (Wildman–Crippen LogP) is 3.08. The molecule has 144 valence electrons. The lowest BCUT2D eigenvalue weighted by molar-refractivity contribution is -0.156. The summed E-state index contributed by atoms with van der Waals surface area (Å²) in [5.41, 5.74) is -0.853. The molecule has 1 aromatic rings. The van der Waals surface area contributed by atoms with E-state index in [1.807, 2.05) is 26.0 Å². The van der Waals surface area contributed by atoms with Gasteiger partial charge in [0.05, 0.1) is 11.5 Å². The van der Waals surface area contributed by atoms with Gasteiger partial charge in [-0.1, -0.05) is 44.5 Å². The first kappa shape index (κ1) is 20.5. The van der Waals surface area contributed by atoms with Crippen LogP contribution in [0.1, 0.15) is 39.7 Å². The molecular weight excluding hydrogens is 356 g/mol. The fourth-order valence-electron chi connectivity index (χ4n) is 3.59. The Morgan fingerprint density at radius 2 is 1.81 bits per heavy atom. The van der Waals surface area contributed by atoms with Crippen LogP contribution in [0, 0.1) is 11.3 Å². The van der Waals surface area contributed by atoms with E-state index in [0.29, 0.717) is 24.5 Å². The first-order valence-electron chi connectivity index (χ1n) is 8.74. The number of carbonyl (C=O) groups is 2. The van der Waals surface area contributed by atoms with Crippen molar-refractivity contribution in [3.63, 3.8) is 0 Å². The molecule has 1 heterocycles. The Balaban J connectivity index is 2.16. The highest BCUT2D eigenvalue weighted by atomic mass is 35.5. The van der Waals surface area contributed by atoms with E-state index in [2.05, 4.69) is 5.32 Å². The van der Waals surface area contributed by atoms with Gasteiger partial charge in [0.2, 0.25) is 5.91 Å². The highest BCUT2D eigenvalue weighted by molar-refractivity contribution is 6.30. The highest BCUT2D eigenvalue weighted by Crippen LogP contribution is 2.46. The topological polar surface area (TPSA) is 89.9 Å². The normalized spacial score (nSPS) is 24.6. The molecule has 2 unspecified atom stereocenters. The number of hydrogen-bond acceptors (Lipinski definition) is 3. The van der Waals surface area contributed by atoms with E-state index in [1.165, 1.54) is 0 Å². The van der Waals surface area contributed by atoms with Crippen molar-refractivity contribution in [2.24, 2.45) is 11.3 Å². The molecule has 0 radical (unpaired) electrons. The number of carboxylic acid groups (broad SMARTS) is 1. The predicted molar refractivity (Wildman–Crippen MR) is 100 cm³/mol. The van der Waals surface area contributed by atoms with Crippen LogP contribution < -0.4 is 5.32 Å². The molecule has 1 saturated heterocycles. The lowest BCUT2D eigenvalue weighted by atomic mass is 9.66. The van der Waals surface area contributed by atoms with E-state index < -0.39 is 29.1 Å². The van der Waals surface area contributed by atoms with Crippen LogP contribution in [0.3, 0.4) is 0 Å². The van der Waals surface area contributed by atoms with Crippen molar-refractivity contribution in [1.29, 1.82) is 0 Å². The number of aliphatic hydroxyl groups is 1. The Morgan fingerprint density at radius 1 is 1.23 bits per heavy atom. The monoisotopic (exact) mass is 382 g/mol. The maximum absolute atomic E-state index is 12.8. The average molecular weight is 383 g/mol. The summed E-state index contributed by atoms with van der Waals surface area (Å²) in [7, 11) is 0. The molecule has 7 heteroatoms. The Hall–Kier alpha value is -1.79. The smallest absolute Gasteiger partial charge is 0.404 e. The molecule has 3 atom stereocenters. The molecule has 0 aromatic heterocycles. The lowest BCUT2D eigenvalue weighted by Crippen LogP contribution is -2.58. The minimum atomic E-state index is -1.15. The van der Waals surface area contributed by atoms with Gasteiger partial charge in [0.1, 0.15) is 0 Å². The van der Waals surface area contributed by atoms with Crippen LogP contribution in [-0.2, 0) is 10.4 Å². The van der Waals surface area contributed by atoms with Gasteiger partial charge in [-0.15, -0.1) is 0 Å². The number of piperidine rings is 1. The molecule has 1 fully saturated rings. The zero-order chi connectivity index (χ0) is 19.7. The lowest BCUT2D eigenvalue weighted by Gasteiger charge is -2.51. The van der Waals surface area contributed by atoms with Crippen LogP contribution in [0.4, 0.5) is 4.79 Å². The van der Waals surface area contributed by atoms with Gasteiger partial charge in [-0.05, 0) is 31.0 Å². The van der Waals surface area contributed by atoms with Gasteiger partial charge in [0.15, 0.2) is 0 Å². The summed E-state index contributed by atoms with van der Waals surface area (Å²) in [6, 6.07) is 6.67. The van der Waals surface area contributed by atoms with Gasteiger partial charge in [-0.25, -0.2) is 4.79 Å². The number of nitrogens with zero attached hydrogens (tertiary/aromatic N) is 1. The van der Waals surface area contributed by atoms with Crippen molar-refractivity contribution >= 4 is 23.6 Å².